The Morgan fingerprint density at radius 3 is 2.47 bits per heavy atom. The van der Waals surface area contributed by atoms with Crippen molar-refractivity contribution in [3.05, 3.63) is 40.3 Å². The van der Waals surface area contributed by atoms with Gasteiger partial charge in [-0.25, -0.2) is 0 Å². The molecule has 30 heavy (non-hydrogen) atoms. The zero-order valence-corrected chi connectivity index (χ0v) is 18.1. The van der Waals surface area contributed by atoms with Crippen molar-refractivity contribution in [2.24, 2.45) is 0 Å². The van der Waals surface area contributed by atoms with E-state index in [0.29, 0.717) is 17.8 Å². The van der Waals surface area contributed by atoms with Crippen LogP contribution in [-0.2, 0) is 11.2 Å². The van der Waals surface area contributed by atoms with E-state index >= 15 is 0 Å². The van der Waals surface area contributed by atoms with Crippen LogP contribution in [0.3, 0.4) is 0 Å². The number of carbonyl (C=O) groups excluding carboxylic acids is 2. The Balaban J connectivity index is 1.21. The van der Waals surface area contributed by atoms with Crippen LogP contribution in [0.25, 0.3) is 0 Å². The molecule has 0 atom stereocenters. The number of anilines is 1. The largest absolute Gasteiger partial charge is 0.340 e. The molecule has 1 aromatic heterocycles. The minimum Gasteiger partial charge on any atom is -0.340 e. The number of hydrogen-bond donors (Lipinski definition) is 1. The number of rotatable bonds is 6. The Morgan fingerprint density at radius 2 is 1.73 bits per heavy atom. The number of para-hydroxylation sites is 1. The minimum atomic E-state index is -0.268. The van der Waals surface area contributed by atoms with Crippen molar-refractivity contribution in [3.8, 4) is 0 Å². The summed E-state index contributed by atoms with van der Waals surface area (Å²) in [4.78, 5) is 29.5. The number of carbonyl (C=O) groups is 2. The smallest absolute Gasteiger partial charge is 0.286 e. The normalized spacial score (nSPS) is 18.3. The topological polar surface area (TPSA) is 78.4 Å². The summed E-state index contributed by atoms with van der Waals surface area (Å²) in [5.74, 6) is -0.0982. The molecule has 2 aliphatic rings. The van der Waals surface area contributed by atoms with Gasteiger partial charge in [-0.05, 0) is 25.0 Å². The van der Waals surface area contributed by atoms with E-state index < -0.39 is 0 Å². The predicted molar refractivity (Wildman–Crippen MR) is 118 cm³/mol. The molecule has 1 aliphatic heterocycles. The first kappa shape index (κ1) is 20.9. The third kappa shape index (κ3) is 5.43. The van der Waals surface area contributed by atoms with Gasteiger partial charge in [0.1, 0.15) is 5.01 Å². The Bertz CT molecular complexity index is 842. The first-order valence-corrected chi connectivity index (χ1v) is 11.7. The van der Waals surface area contributed by atoms with E-state index in [-0.39, 0.29) is 11.8 Å². The SMILES string of the molecule is O=C(Nc1ccccc1)c1nnc(CCC(=O)N2CCN(C3CCCCC3)CC2)s1. The van der Waals surface area contributed by atoms with Gasteiger partial charge >= 0.3 is 0 Å². The number of nitrogens with zero attached hydrogens (tertiary/aromatic N) is 4. The highest BCUT2D eigenvalue weighted by atomic mass is 32.1. The molecule has 0 radical (unpaired) electrons. The van der Waals surface area contributed by atoms with E-state index in [1.165, 1.54) is 43.4 Å². The van der Waals surface area contributed by atoms with Crippen LogP contribution < -0.4 is 5.32 Å². The summed E-state index contributed by atoms with van der Waals surface area (Å²) >= 11 is 1.25. The fraction of sp³-hybridized carbons (Fsp3) is 0.545. The standard InChI is InChI=1S/C22H29N5O2S/c28-20(27-15-13-26(14-16-27)18-9-5-2-6-10-18)12-11-19-24-25-22(30-19)21(29)23-17-7-3-1-4-8-17/h1,3-4,7-8,18H,2,5-6,9-16H2,(H,23,29). The molecule has 2 amide bonds. The molecule has 1 saturated heterocycles. The van der Waals surface area contributed by atoms with Gasteiger partial charge in [-0.15, -0.1) is 10.2 Å². The maximum Gasteiger partial charge on any atom is 0.286 e. The number of aryl methyl sites for hydroxylation is 1. The molecule has 2 aromatic rings. The van der Waals surface area contributed by atoms with E-state index in [1.54, 1.807) is 0 Å². The number of nitrogens with one attached hydrogen (secondary N) is 1. The second kappa shape index (κ2) is 10.1. The molecule has 0 unspecified atom stereocenters. The molecule has 1 aliphatic carbocycles. The van der Waals surface area contributed by atoms with Gasteiger partial charge in [0.05, 0.1) is 0 Å². The molecule has 2 fully saturated rings. The van der Waals surface area contributed by atoms with Crippen LogP contribution in [0.15, 0.2) is 30.3 Å². The highest BCUT2D eigenvalue weighted by molar-refractivity contribution is 7.13. The van der Waals surface area contributed by atoms with Crippen molar-refractivity contribution in [1.82, 2.24) is 20.0 Å². The van der Waals surface area contributed by atoms with Gasteiger partial charge in [-0.2, -0.15) is 0 Å². The molecule has 1 saturated carbocycles. The van der Waals surface area contributed by atoms with Crippen molar-refractivity contribution in [1.29, 1.82) is 0 Å². The van der Waals surface area contributed by atoms with E-state index in [2.05, 4.69) is 20.4 Å². The monoisotopic (exact) mass is 427 g/mol. The average molecular weight is 428 g/mol. The average Bonchev–Trinajstić information content (AvgIpc) is 3.28. The minimum absolute atomic E-state index is 0.170. The third-order valence-corrected chi connectivity index (χ3v) is 6.99. The van der Waals surface area contributed by atoms with E-state index in [4.69, 9.17) is 0 Å². The maximum atomic E-state index is 12.6. The van der Waals surface area contributed by atoms with Crippen molar-refractivity contribution in [3.63, 3.8) is 0 Å². The molecular weight excluding hydrogens is 398 g/mol. The number of benzene rings is 1. The fourth-order valence-electron chi connectivity index (χ4n) is 4.31. The lowest BCUT2D eigenvalue weighted by Crippen LogP contribution is -2.52. The van der Waals surface area contributed by atoms with Gasteiger partial charge in [0.15, 0.2) is 0 Å². The Morgan fingerprint density at radius 1 is 1.00 bits per heavy atom. The molecule has 160 valence electrons. The van der Waals surface area contributed by atoms with Crippen molar-refractivity contribution < 1.29 is 9.59 Å². The molecule has 2 heterocycles. The number of amides is 2. The quantitative estimate of drug-likeness (QED) is 0.766. The molecule has 4 rings (SSSR count). The summed E-state index contributed by atoms with van der Waals surface area (Å²) in [6.45, 7) is 3.60. The second-order valence-electron chi connectivity index (χ2n) is 8.03. The summed E-state index contributed by atoms with van der Waals surface area (Å²) in [6, 6.07) is 9.99. The fourth-order valence-corrected chi connectivity index (χ4v) is 5.04. The Hall–Kier alpha value is -2.32. The molecule has 7 nitrogen and oxygen atoms in total. The van der Waals surface area contributed by atoms with E-state index in [0.717, 1.165) is 42.9 Å². The van der Waals surface area contributed by atoms with Gasteiger partial charge < -0.3 is 10.2 Å². The summed E-state index contributed by atoms with van der Waals surface area (Å²) in [5.41, 5.74) is 0.724. The first-order valence-electron chi connectivity index (χ1n) is 10.9. The number of aromatic nitrogens is 2. The molecule has 8 heteroatoms. The van der Waals surface area contributed by atoms with Crippen molar-refractivity contribution in [2.75, 3.05) is 31.5 Å². The van der Waals surface area contributed by atoms with E-state index in [9.17, 15) is 9.59 Å². The lowest BCUT2D eigenvalue weighted by atomic mass is 9.94. The summed E-state index contributed by atoms with van der Waals surface area (Å²) in [5, 5.41) is 11.9. The van der Waals surface area contributed by atoms with Gasteiger partial charge in [0.25, 0.3) is 5.91 Å². The zero-order valence-electron chi connectivity index (χ0n) is 17.3. The second-order valence-corrected chi connectivity index (χ2v) is 9.09. The molecule has 1 N–H and O–H groups in total. The van der Waals surface area contributed by atoms with Gasteiger partial charge in [-0.3, -0.25) is 14.5 Å². The van der Waals surface area contributed by atoms with Crippen LogP contribution in [0.5, 0.6) is 0 Å². The highest BCUT2D eigenvalue weighted by Crippen LogP contribution is 2.23. The van der Waals surface area contributed by atoms with Crippen LogP contribution in [0.2, 0.25) is 0 Å². The van der Waals surface area contributed by atoms with Crippen LogP contribution in [0.4, 0.5) is 5.69 Å². The van der Waals surface area contributed by atoms with Crippen LogP contribution in [0.1, 0.15) is 53.3 Å². The highest BCUT2D eigenvalue weighted by Gasteiger charge is 2.27. The van der Waals surface area contributed by atoms with E-state index in [1.807, 2.05) is 35.2 Å². The van der Waals surface area contributed by atoms with Crippen LogP contribution >= 0.6 is 11.3 Å². The third-order valence-electron chi connectivity index (χ3n) is 6.00. The lowest BCUT2D eigenvalue weighted by Gasteiger charge is -2.40. The van der Waals surface area contributed by atoms with Gasteiger partial charge in [0, 0.05) is 50.7 Å². The molecular formula is C22H29N5O2S. The zero-order chi connectivity index (χ0) is 20.8. The predicted octanol–water partition coefficient (Wildman–Crippen LogP) is 3.20. The van der Waals surface area contributed by atoms with Crippen LogP contribution in [-0.4, -0.2) is 64.0 Å². The lowest BCUT2D eigenvalue weighted by molar-refractivity contribution is -0.133. The number of hydrogen-bond acceptors (Lipinski definition) is 6. The Labute approximate surface area is 181 Å². The molecule has 0 bridgehead atoms. The van der Waals surface area contributed by atoms with Crippen molar-refractivity contribution >= 4 is 28.8 Å². The summed E-state index contributed by atoms with van der Waals surface area (Å²) < 4.78 is 0. The molecule has 1 aromatic carbocycles. The Kier molecular flexibility index (Phi) is 7.07. The van der Waals surface area contributed by atoms with Gasteiger partial charge in [-0.1, -0.05) is 48.8 Å². The van der Waals surface area contributed by atoms with Crippen LogP contribution in [0, 0.1) is 0 Å². The summed E-state index contributed by atoms with van der Waals surface area (Å²) in [7, 11) is 0. The molecule has 0 spiro atoms. The van der Waals surface area contributed by atoms with Crippen molar-refractivity contribution in [2.45, 2.75) is 51.0 Å². The summed E-state index contributed by atoms with van der Waals surface area (Å²) in [6.07, 6.45) is 7.62. The first-order chi connectivity index (χ1) is 14.7. The maximum absolute atomic E-state index is 12.6. The number of piperazine rings is 1. The van der Waals surface area contributed by atoms with Gasteiger partial charge in [0.2, 0.25) is 10.9 Å².